The molecule has 3 amide bonds. The topological polar surface area (TPSA) is 139 Å². The zero-order chi connectivity index (χ0) is 26.2. The zero-order valence-corrected chi connectivity index (χ0v) is 21.9. The predicted octanol–water partition coefficient (Wildman–Crippen LogP) is -0.992. The number of methoxy groups -OCH3 is 1. The minimum Gasteiger partial charge on any atom is -0.510 e. The summed E-state index contributed by atoms with van der Waals surface area (Å²) in [4.78, 5) is 43.1. The number of aliphatic hydroxyl groups is 1. The number of aliphatic hydroxyl groups excluding tert-OH is 1. The molecule has 3 unspecified atom stereocenters. The van der Waals surface area contributed by atoms with Gasteiger partial charge in [-0.15, -0.1) is 0 Å². The maximum atomic E-state index is 12.6. The number of nitrogens with zero attached hydrogens (tertiary/aromatic N) is 3. The molecule has 5 rings (SSSR count). The molecule has 4 atom stereocenters. The number of hydrazine groups is 1. The molecule has 4 fully saturated rings. The van der Waals surface area contributed by atoms with E-state index in [0.29, 0.717) is 23.5 Å². The van der Waals surface area contributed by atoms with E-state index in [1.54, 1.807) is 7.11 Å². The fourth-order valence-electron chi connectivity index (χ4n) is 6.82. The van der Waals surface area contributed by atoms with Crippen LogP contribution in [0, 0.1) is 5.41 Å². The molecular weight excluding hydrogens is 478 g/mol. The van der Waals surface area contributed by atoms with Crippen molar-refractivity contribution < 1.29 is 24.2 Å². The molecule has 4 heterocycles. The number of carbonyl (C=O) groups excluding carboxylic acids is 3. The fourth-order valence-corrected chi connectivity index (χ4v) is 6.82. The fraction of sp³-hybridized carbons (Fsp3) is 0.800. The van der Waals surface area contributed by atoms with Crippen molar-refractivity contribution >= 4 is 17.7 Å². The highest BCUT2D eigenvalue weighted by Gasteiger charge is 2.47. The van der Waals surface area contributed by atoms with Crippen LogP contribution in [-0.4, -0.2) is 115 Å². The number of nitrogens with one attached hydrogen (secondary N) is 4. The van der Waals surface area contributed by atoms with Crippen molar-refractivity contribution in [3.63, 3.8) is 0 Å². The SMILES string of the molecule is CNNC(OC)N1CCC2(CCN(C3CCN([C@@H]4CC(C(=O)NC5CCC(=O)NC5=O)=C4O)CC3)C2)C1. The van der Waals surface area contributed by atoms with Gasteiger partial charge in [0.1, 0.15) is 11.8 Å². The first-order chi connectivity index (χ1) is 17.8. The molecule has 5 aliphatic rings. The summed E-state index contributed by atoms with van der Waals surface area (Å²) in [7, 11) is 3.59. The molecule has 4 saturated heterocycles. The van der Waals surface area contributed by atoms with E-state index in [1.807, 2.05) is 7.05 Å². The minimum atomic E-state index is -0.726. The Labute approximate surface area is 218 Å². The van der Waals surface area contributed by atoms with Gasteiger partial charge in [-0.1, -0.05) is 0 Å². The van der Waals surface area contributed by atoms with Crippen LogP contribution in [0.5, 0.6) is 0 Å². The monoisotopic (exact) mass is 519 g/mol. The quantitative estimate of drug-likeness (QED) is 0.154. The van der Waals surface area contributed by atoms with Gasteiger partial charge in [0, 0.05) is 58.7 Å². The van der Waals surface area contributed by atoms with Gasteiger partial charge in [0.2, 0.25) is 11.8 Å². The molecule has 1 spiro atoms. The lowest BCUT2D eigenvalue weighted by molar-refractivity contribution is -0.136. The number of likely N-dealkylation sites (tertiary alicyclic amines) is 3. The Kier molecular flexibility index (Phi) is 7.85. The number of imide groups is 1. The number of rotatable bonds is 8. The second kappa shape index (κ2) is 11.0. The molecule has 0 bridgehead atoms. The third-order valence-corrected chi connectivity index (χ3v) is 9.06. The molecule has 0 radical (unpaired) electrons. The molecular formula is C25H41N7O5. The van der Waals surface area contributed by atoms with Gasteiger partial charge < -0.3 is 15.2 Å². The smallest absolute Gasteiger partial charge is 0.251 e. The summed E-state index contributed by atoms with van der Waals surface area (Å²) in [6, 6.07) is -0.293. The van der Waals surface area contributed by atoms with Gasteiger partial charge in [0.05, 0.1) is 11.6 Å². The first-order valence-electron chi connectivity index (χ1n) is 13.6. The van der Waals surface area contributed by atoms with Crippen molar-refractivity contribution in [2.45, 2.75) is 69.4 Å². The van der Waals surface area contributed by atoms with Crippen molar-refractivity contribution in [1.29, 1.82) is 0 Å². The highest BCUT2D eigenvalue weighted by Crippen LogP contribution is 2.42. The average Bonchev–Trinajstić information content (AvgIpc) is 3.50. The summed E-state index contributed by atoms with van der Waals surface area (Å²) in [5.41, 5.74) is 6.85. The molecule has 12 heteroatoms. The molecule has 0 aromatic carbocycles. The lowest BCUT2D eigenvalue weighted by atomic mass is 9.86. The van der Waals surface area contributed by atoms with E-state index in [9.17, 15) is 19.5 Å². The number of hydrogen-bond acceptors (Lipinski definition) is 10. The Bertz CT molecular complexity index is 936. The molecule has 206 valence electrons. The highest BCUT2D eigenvalue weighted by molar-refractivity contribution is 6.04. The molecule has 12 nitrogen and oxygen atoms in total. The predicted molar refractivity (Wildman–Crippen MR) is 135 cm³/mol. The van der Waals surface area contributed by atoms with Gasteiger partial charge >= 0.3 is 0 Å². The first kappa shape index (κ1) is 26.5. The zero-order valence-electron chi connectivity index (χ0n) is 21.9. The molecule has 5 N–H and O–H groups in total. The van der Waals surface area contributed by atoms with Crippen LogP contribution in [0.2, 0.25) is 0 Å². The van der Waals surface area contributed by atoms with Gasteiger partial charge in [-0.3, -0.25) is 39.8 Å². The number of carbonyl (C=O) groups is 3. The minimum absolute atomic E-state index is 0.110. The van der Waals surface area contributed by atoms with Gasteiger partial charge in [0.15, 0.2) is 6.35 Å². The summed E-state index contributed by atoms with van der Waals surface area (Å²) in [6.45, 7) is 6.13. The van der Waals surface area contributed by atoms with Crippen LogP contribution in [-0.2, 0) is 19.1 Å². The van der Waals surface area contributed by atoms with Crippen LogP contribution in [0.3, 0.4) is 0 Å². The largest absolute Gasteiger partial charge is 0.510 e. The maximum absolute atomic E-state index is 12.6. The van der Waals surface area contributed by atoms with Crippen molar-refractivity contribution in [1.82, 2.24) is 36.2 Å². The summed E-state index contributed by atoms with van der Waals surface area (Å²) in [5, 5.41) is 15.6. The van der Waals surface area contributed by atoms with E-state index < -0.39 is 17.9 Å². The molecule has 1 aliphatic carbocycles. The summed E-state index contributed by atoms with van der Waals surface area (Å²) >= 11 is 0. The molecule has 37 heavy (non-hydrogen) atoms. The van der Waals surface area contributed by atoms with Crippen LogP contribution in [0.4, 0.5) is 0 Å². The summed E-state index contributed by atoms with van der Waals surface area (Å²) in [6.07, 6.45) is 5.40. The molecule has 4 aliphatic heterocycles. The molecule has 0 saturated carbocycles. The van der Waals surface area contributed by atoms with E-state index in [4.69, 9.17) is 4.74 Å². The molecule has 0 aromatic heterocycles. The van der Waals surface area contributed by atoms with Crippen LogP contribution in [0.15, 0.2) is 11.3 Å². The van der Waals surface area contributed by atoms with E-state index >= 15 is 0 Å². The Morgan fingerprint density at radius 1 is 1.11 bits per heavy atom. The Balaban J connectivity index is 1.08. The summed E-state index contributed by atoms with van der Waals surface area (Å²) < 4.78 is 5.60. The second-order valence-corrected chi connectivity index (χ2v) is 11.3. The number of amides is 3. The Morgan fingerprint density at radius 2 is 1.86 bits per heavy atom. The standard InChI is InChI=1S/C25H41N7O5/c1-26-29-24(37-2)32-12-8-25(15-32)7-11-31(14-25)16-5-9-30(10-6-16)19-13-17(21(19)34)22(35)27-18-3-4-20(33)28-23(18)36/h16,18-19,24,26,29,34H,3-15H2,1-2H3,(H,27,35)(H,28,33,36)/t18?,19-,24?,25?/m1/s1. The Morgan fingerprint density at radius 3 is 2.54 bits per heavy atom. The second-order valence-electron chi connectivity index (χ2n) is 11.3. The lowest BCUT2D eigenvalue weighted by Gasteiger charge is -2.44. The number of piperidine rings is 2. The first-order valence-corrected chi connectivity index (χ1v) is 13.6. The van der Waals surface area contributed by atoms with Gasteiger partial charge in [-0.25, -0.2) is 5.43 Å². The maximum Gasteiger partial charge on any atom is 0.251 e. The van der Waals surface area contributed by atoms with Gasteiger partial charge in [-0.2, -0.15) is 0 Å². The van der Waals surface area contributed by atoms with E-state index in [0.717, 1.165) is 52.1 Å². The van der Waals surface area contributed by atoms with Crippen LogP contribution in [0.1, 0.15) is 44.9 Å². The third kappa shape index (κ3) is 5.41. The van der Waals surface area contributed by atoms with E-state index in [-0.39, 0.29) is 36.9 Å². The van der Waals surface area contributed by atoms with Crippen molar-refractivity contribution in [3.8, 4) is 0 Å². The van der Waals surface area contributed by atoms with Crippen molar-refractivity contribution in [2.75, 3.05) is 53.4 Å². The van der Waals surface area contributed by atoms with E-state index in [1.165, 1.54) is 12.8 Å². The van der Waals surface area contributed by atoms with Crippen molar-refractivity contribution in [3.05, 3.63) is 11.3 Å². The van der Waals surface area contributed by atoms with Gasteiger partial charge in [-0.05, 0) is 51.1 Å². The summed E-state index contributed by atoms with van der Waals surface area (Å²) in [5.74, 6) is -1.09. The van der Waals surface area contributed by atoms with Crippen LogP contribution in [0.25, 0.3) is 0 Å². The normalized spacial score (nSPS) is 33.1. The number of hydrogen-bond donors (Lipinski definition) is 5. The lowest BCUT2D eigenvalue weighted by Crippen LogP contribution is -2.55. The van der Waals surface area contributed by atoms with Gasteiger partial charge in [0.25, 0.3) is 5.91 Å². The van der Waals surface area contributed by atoms with Crippen LogP contribution >= 0.6 is 0 Å². The van der Waals surface area contributed by atoms with E-state index in [2.05, 4.69) is 36.2 Å². The van der Waals surface area contributed by atoms with Crippen LogP contribution < -0.4 is 21.5 Å². The van der Waals surface area contributed by atoms with Crippen molar-refractivity contribution in [2.24, 2.45) is 5.41 Å². The number of ether oxygens (including phenoxy) is 1. The average molecular weight is 520 g/mol. The molecule has 0 aromatic rings. The Hall–Kier alpha value is -2.09. The highest BCUT2D eigenvalue weighted by atomic mass is 16.5. The third-order valence-electron chi connectivity index (χ3n) is 9.06.